The molecule has 0 amide bonds. The minimum absolute atomic E-state index is 0.0357. The largest absolute Gasteiger partial charge is 0.394 e. The van der Waals surface area contributed by atoms with Crippen molar-refractivity contribution < 1.29 is 95.1 Å². The van der Waals surface area contributed by atoms with Crippen molar-refractivity contribution in [1.29, 1.82) is 0 Å². The SMILES string of the molecule is OC[C@H]1O[C@H](O[C@H]2[C@H](OCc3ccccc3)[C@@H](OCc3ccccc3)[C@@H](OC[C@H]3O[C@H](O[C@H]4[C@H](OCc5ccccc5)[C@@H](OCc5ccccc5)C(Sc5ccccc5)O[C@@H]4COCc4ccccc4)[C@H](OCc4ccccc4)[C@@H](OCc4ccccc4)[C@@H]3OCc3ccccc3)O[C@@H]2COCc2ccccc2)[C@H](OCc2ccccc2)[C@@H](OCc2ccccc2)[C@@H]1OCc1ccccc1. The molecular weight excluding hydrogens is 1720 g/mol. The number of aliphatic hydroxyl groups excluding tert-OH is 1. The van der Waals surface area contributed by atoms with Crippen LogP contribution in [0.15, 0.2) is 399 Å². The van der Waals surface area contributed by atoms with Crippen molar-refractivity contribution in [3.8, 4) is 0 Å². The molecule has 17 rings (SSSR count). The van der Waals surface area contributed by atoms with Crippen molar-refractivity contribution in [2.45, 2.75) is 206 Å². The van der Waals surface area contributed by atoms with E-state index >= 15 is 0 Å². The van der Waals surface area contributed by atoms with E-state index in [0.29, 0.717) is 0 Å². The lowest BCUT2D eigenvalue weighted by Gasteiger charge is -2.51. The van der Waals surface area contributed by atoms with Gasteiger partial charge in [0.1, 0.15) is 103 Å². The number of hydrogen-bond acceptors (Lipinski definition) is 21. The van der Waals surface area contributed by atoms with Gasteiger partial charge >= 0.3 is 0 Å². The zero-order valence-electron chi connectivity index (χ0n) is 75.5. The van der Waals surface area contributed by atoms with Crippen LogP contribution in [-0.4, -0.2) is 154 Å². The summed E-state index contributed by atoms with van der Waals surface area (Å²) in [5.41, 5.74) is 10.1. The summed E-state index contributed by atoms with van der Waals surface area (Å²) in [6, 6.07) is 130. The van der Waals surface area contributed by atoms with Crippen LogP contribution in [0.3, 0.4) is 0 Å². The number of benzene rings is 13. The quantitative estimate of drug-likeness (QED) is 0.0378. The lowest BCUT2D eigenvalue weighted by atomic mass is 9.95. The normalized spacial score (nSPS) is 25.2. The molecule has 21 heteroatoms. The molecule has 20 nitrogen and oxygen atoms in total. The molecule has 0 aromatic heterocycles. The first-order chi connectivity index (χ1) is 66.9. The number of aliphatic hydroxyl groups is 1. The molecule has 0 radical (unpaired) electrons. The van der Waals surface area contributed by atoms with Gasteiger partial charge in [-0.3, -0.25) is 0 Å². The Balaban J connectivity index is 0.792. The topological polar surface area (TPSA) is 196 Å². The highest BCUT2D eigenvalue weighted by atomic mass is 32.2. The van der Waals surface area contributed by atoms with E-state index in [1.165, 1.54) is 0 Å². The zero-order chi connectivity index (χ0) is 91.5. The fourth-order valence-electron chi connectivity index (χ4n) is 17.2. The summed E-state index contributed by atoms with van der Waals surface area (Å²) in [6.07, 6.45) is -20.5. The molecule has 0 spiro atoms. The Morgan fingerprint density at radius 3 is 0.689 bits per heavy atom. The summed E-state index contributed by atoms with van der Waals surface area (Å²) in [5, 5.41) is 11.9. The van der Waals surface area contributed by atoms with Crippen LogP contribution in [0.5, 0.6) is 0 Å². The maximum Gasteiger partial charge on any atom is 0.187 e. The predicted octanol–water partition coefficient (Wildman–Crippen LogP) is 19.7. The third kappa shape index (κ3) is 28.1. The van der Waals surface area contributed by atoms with Crippen LogP contribution >= 0.6 is 11.8 Å². The Morgan fingerprint density at radius 2 is 0.393 bits per heavy atom. The van der Waals surface area contributed by atoms with E-state index in [4.69, 9.17) is 90.0 Å². The predicted molar refractivity (Wildman–Crippen MR) is 512 cm³/mol. The van der Waals surface area contributed by atoms with E-state index in [2.05, 4.69) is 12.1 Å². The van der Waals surface area contributed by atoms with Gasteiger partial charge in [0.05, 0.1) is 106 Å². The van der Waals surface area contributed by atoms with Gasteiger partial charge in [0.15, 0.2) is 18.9 Å². The Kier molecular flexibility index (Phi) is 36.7. The number of rotatable bonds is 48. The number of hydrogen-bond donors (Lipinski definition) is 1. The van der Waals surface area contributed by atoms with Crippen LogP contribution in [0, 0.1) is 0 Å². The van der Waals surface area contributed by atoms with Crippen molar-refractivity contribution in [2.24, 2.45) is 0 Å². The van der Waals surface area contributed by atoms with Crippen LogP contribution < -0.4 is 0 Å². The van der Waals surface area contributed by atoms with E-state index in [9.17, 15) is 5.11 Å². The molecule has 20 atom stereocenters. The lowest BCUT2D eigenvalue weighted by Crippen LogP contribution is -2.67. The molecule has 4 aliphatic rings. The van der Waals surface area contributed by atoms with Gasteiger partial charge in [-0.1, -0.05) is 394 Å². The van der Waals surface area contributed by atoms with Gasteiger partial charge in [0.25, 0.3) is 0 Å². The van der Waals surface area contributed by atoms with Crippen LogP contribution in [-0.2, 0) is 169 Å². The Hall–Kier alpha value is -10.6. The summed E-state index contributed by atoms with van der Waals surface area (Å²) in [5.74, 6) is 0. The van der Waals surface area contributed by atoms with Crippen LogP contribution in [0.4, 0.5) is 0 Å². The Bertz CT molecular complexity index is 5430. The van der Waals surface area contributed by atoms with Gasteiger partial charge in [0.2, 0.25) is 0 Å². The van der Waals surface area contributed by atoms with Crippen molar-refractivity contribution >= 4 is 11.8 Å². The van der Waals surface area contributed by atoms with Crippen molar-refractivity contribution in [3.63, 3.8) is 0 Å². The second-order valence-electron chi connectivity index (χ2n) is 33.9. The minimum Gasteiger partial charge on any atom is -0.394 e. The molecule has 4 saturated heterocycles. The summed E-state index contributed by atoms with van der Waals surface area (Å²) < 4.78 is 142. The van der Waals surface area contributed by atoms with Crippen LogP contribution in [0.1, 0.15) is 66.8 Å². The van der Waals surface area contributed by atoms with E-state index in [1.807, 2.05) is 382 Å². The molecule has 1 N–H and O–H groups in total. The maximum absolute atomic E-state index is 11.9. The minimum atomic E-state index is -1.36. The second-order valence-corrected chi connectivity index (χ2v) is 35.1. The molecule has 0 aliphatic carbocycles. The number of thioether (sulfide) groups is 1. The highest BCUT2D eigenvalue weighted by Gasteiger charge is 2.58. The van der Waals surface area contributed by atoms with E-state index in [0.717, 1.165) is 71.7 Å². The first kappa shape index (κ1) is 96.1. The van der Waals surface area contributed by atoms with Crippen molar-refractivity contribution in [2.75, 3.05) is 26.4 Å². The molecule has 13 aromatic carbocycles. The molecular formula is C114H118O20S. The third-order valence-corrected chi connectivity index (χ3v) is 25.3. The van der Waals surface area contributed by atoms with Gasteiger partial charge in [-0.15, -0.1) is 0 Å². The van der Waals surface area contributed by atoms with E-state index in [-0.39, 0.29) is 99.1 Å². The van der Waals surface area contributed by atoms with Crippen molar-refractivity contribution in [1.82, 2.24) is 0 Å². The van der Waals surface area contributed by atoms with Gasteiger partial charge in [-0.25, -0.2) is 0 Å². The molecule has 4 aliphatic heterocycles. The van der Waals surface area contributed by atoms with Gasteiger partial charge in [-0.2, -0.15) is 0 Å². The smallest absolute Gasteiger partial charge is 0.187 e. The molecule has 700 valence electrons. The van der Waals surface area contributed by atoms with Gasteiger partial charge in [0, 0.05) is 4.90 Å². The zero-order valence-corrected chi connectivity index (χ0v) is 76.3. The molecule has 13 aromatic rings. The maximum atomic E-state index is 11.9. The molecule has 4 heterocycles. The van der Waals surface area contributed by atoms with Crippen LogP contribution in [0.25, 0.3) is 0 Å². The highest BCUT2D eigenvalue weighted by molar-refractivity contribution is 7.99. The average Bonchev–Trinajstić information content (AvgIpc) is 0.771. The fourth-order valence-corrected chi connectivity index (χ4v) is 18.4. The molecule has 0 bridgehead atoms. The first-order valence-electron chi connectivity index (χ1n) is 46.6. The van der Waals surface area contributed by atoms with Crippen molar-refractivity contribution in [3.05, 3.63) is 461 Å². The molecule has 1 unspecified atom stereocenters. The second kappa shape index (κ2) is 51.5. The lowest BCUT2D eigenvalue weighted by molar-refractivity contribution is -0.385. The van der Waals surface area contributed by atoms with Gasteiger partial charge in [-0.05, 0) is 78.9 Å². The summed E-state index contributed by atoms with van der Waals surface area (Å²) in [6.45, 7) is 0.811. The van der Waals surface area contributed by atoms with Gasteiger partial charge < -0.3 is 95.1 Å². The molecule has 135 heavy (non-hydrogen) atoms. The van der Waals surface area contributed by atoms with Crippen LogP contribution in [0.2, 0.25) is 0 Å². The number of ether oxygens (including phenoxy) is 19. The highest BCUT2D eigenvalue weighted by Crippen LogP contribution is 2.43. The molecule has 4 fully saturated rings. The Morgan fingerprint density at radius 1 is 0.185 bits per heavy atom. The molecule has 0 saturated carbocycles. The summed E-state index contributed by atoms with van der Waals surface area (Å²) in [4.78, 5) is 0.955. The van der Waals surface area contributed by atoms with E-state index in [1.54, 1.807) is 11.8 Å². The van der Waals surface area contributed by atoms with E-state index < -0.39 is 129 Å². The third-order valence-electron chi connectivity index (χ3n) is 24.2. The summed E-state index contributed by atoms with van der Waals surface area (Å²) in [7, 11) is 0. The monoisotopic (exact) mass is 1840 g/mol. The Labute approximate surface area is 795 Å². The first-order valence-corrected chi connectivity index (χ1v) is 47.4. The average molecular weight is 1840 g/mol. The standard InChI is InChI=1S/C114H118O20S/c115-66-95-99(118-69-84-44-18-3-19-45-84)103(120-71-86-48-22-5-23-49-86)108(125-76-91-58-32-10-33-59-91)112(129-95)133-101-96(79-116-67-82-40-14-1-15-41-82)130-111(107(124-75-90-56-30-9-31-57-90)105(101)122-73-88-52-26-7-27-53-88)128-81-98-100(119-70-85-46-20-4-21-47-85)104(121-72-87-50-24-6-25-51-87)109(126-77-92-60-34-11-35-61-92)113(131-98)134-102-97(80-117-68-83-42-16-2-17-43-83)132-114(135-94-64-38-13-39-65-94)110(127-78-93-62-36-12-37-63-93)106(102)123-74-89-54-28-8-29-55-89/h1-65,95-115H,66-81H2/t95-,96-,97-,98-,99-,100-,101-,102-,103+,104+,105+,106+,107-,108-,109-,110-,111+,112-,113-,114?/m1/s1. The summed E-state index contributed by atoms with van der Waals surface area (Å²) >= 11 is 1.55. The fraction of sp³-hybridized carbons (Fsp3) is 0.316.